The first-order chi connectivity index (χ1) is 15.0. The lowest BCUT2D eigenvalue weighted by molar-refractivity contribution is 0.259. The fraction of sp³-hybridized carbons (Fsp3) is 0.360. The van der Waals surface area contributed by atoms with Gasteiger partial charge in [0, 0.05) is 54.9 Å². The van der Waals surface area contributed by atoms with Gasteiger partial charge in [-0.25, -0.2) is 4.99 Å². The number of fused-ring (bicyclic) bond motifs is 1. The normalized spacial score (nSPS) is 27.3. The first-order valence-electron chi connectivity index (χ1n) is 11.1. The number of piperazine rings is 1. The quantitative estimate of drug-likeness (QED) is 0.646. The summed E-state index contributed by atoms with van der Waals surface area (Å²) in [5.41, 5.74) is 13.8. The highest BCUT2D eigenvalue weighted by molar-refractivity contribution is 6.13. The van der Waals surface area contributed by atoms with Crippen LogP contribution < -0.4 is 11.1 Å². The highest BCUT2D eigenvalue weighted by atomic mass is 15.3. The van der Waals surface area contributed by atoms with Crippen molar-refractivity contribution >= 4 is 11.5 Å². The van der Waals surface area contributed by atoms with Gasteiger partial charge in [-0.3, -0.25) is 10.3 Å². The Morgan fingerprint density at radius 1 is 1.23 bits per heavy atom. The average Bonchev–Trinajstić information content (AvgIpc) is 2.74. The monoisotopic (exact) mass is 414 g/mol. The fourth-order valence-corrected chi connectivity index (χ4v) is 4.60. The van der Waals surface area contributed by atoms with E-state index in [0.29, 0.717) is 11.8 Å². The number of nitrogens with two attached hydrogens (primary N) is 1. The third kappa shape index (κ3) is 3.61. The zero-order chi connectivity index (χ0) is 21.5. The topological polar surface area (TPSA) is 80.7 Å². The van der Waals surface area contributed by atoms with Crippen LogP contribution in [0.1, 0.15) is 33.1 Å². The number of nitrogens with one attached hydrogen (secondary N) is 2. The van der Waals surface area contributed by atoms with Gasteiger partial charge in [-0.15, -0.1) is 0 Å². The van der Waals surface area contributed by atoms with Crippen molar-refractivity contribution in [2.45, 2.75) is 39.2 Å². The standard InChI is InChI=1S/C25H30N6/c1-16-10-19(11-20(13-26)25(16)27)22-12-23(18-4-3-5-18)31-15-21(6-7-24(31)29-22)30-9-8-28-17(2)14-30/h6-7,10-13,15,17,27-28H,3-5,8-9,14,26H2,1-2H3/b20-13-,27-25?. The zero-order valence-corrected chi connectivity index (χ0v) is 18.3. The van der Waals surface area contributed by atoms with E-state index in [-0.39, 0.29) is 0 Å². The molecule has 1 unspecified atom stereocenters. The van der Waals surface area contributed by atoms with Crippen LogP contribution in [0.5, 0.6) is 0 Å². The maximum Gasteiger partial charge on any atom is 0.137 e. The van der Waals surface area contributed by atoms with Crippen molar-refractivity contribution in [1.82, 2.24) is 15.1 Å². The van der Waals surface area contributed by atoms with E-state index in [1.165, 1.54) is 29.6 Å². The summed E-state index contributed by atoms with van der Waals surface area (Å²) < 4.78 is 0. The number of hydrogen-bond donors (Lipinski definition) is 3. The maximum atomic E-state index is 8.22. The maximum absolute atomic E-state index is 8.22. The summed E-state index contributed by atoms with van der Waals surface area (Å²) in [5, 5.41) is 11.7. The lowest BCUT2D eigenvalue weighted by atomic mass is 9.88. The van der Waals surface area contributed by atoms with E-state index in [2.05, 4.69) is 46.5 Å². The van der Waals surface area contributed by atoms with Gasteiger partial charge in [-0.2, -0.15) is 0 Å². The van der Waals surface area contributed by atoms with E-state index in [0.717, 1.165) is 60.7 Å². The molecule has 0 amide bonds. The van der Waals surface area contributed by atoms with Crippen LogP contribution in [-0.4, -0.2) is 47.0 Å². The number of amidine groups is 1. The van der Waals surface area contributed by atoms with Gasteiger partial charge in [0.15, 0.2) is 0 Å². The van der Waals surface area contributed by atoms with E-state index < -0.39 is 0 Å². The van der Waals surface area contributed by atoms with Gasteiger partial charge in [0.25, 0.3) is 0 Å². The van der Waals surface area contributed by atoms with Crippen LogP contribution in [0.15, 0.2) is 87.2 Å². The second-order valence-corrected chi connectivity index (χ2v) is 8.82. The van der Waals surface area contributed by atoms with Crippen LogP contribution >= 0.6 is 0 Å². The molecular formula is C25H30N6. The Labute approximate surface area is 184 Å². The van der Waals surface area contributed by atoms with Gasteiger partial charge in [0.05, 0.1) is 17.1 Å². The van der Waals surface area contributed by atoms with Gasteiger partial charge < -0.3 is 16.0 Å². The number of nitrogens with zero attached hydrogens (tertiary/aromatic N) is 3. The lowest BCUT2D eigenvalue weighted by Gasteiger charge is -2.38. The SMILES string of the molecule is CC1=CC(C2=CC(=C3CCC3)N3C=C(N4CCNC(C)C4)C=CC3=N2)=C/C(=C/N)C1=N. The van der Waals surface area contributed by atoms with Crippen LogP contribution in [0.2, 0.25) is 0 Å². The summed E-state index contributed by atoms with van der Waals surface area (Å²) in [6, 6.07) is 0.493. The number of allylic oxidation sites excluding steroid dienone is 7. The summed E-state index contributed by atoms with van der Waals surface area (Å²) in [6.07, 6.45) is 17.9. The molecule has 1 atom stereocenters. The molecule has 0 aromatic carbocycles. The summed E-state index contributed by atoms with van der Waals surface area (Å²) >= 11 is 0. The smallest absolute Gasteiger partial charge is 0.137 e. The lowest BCUT2D eigenvalue weighted by Crippen LogP contribution is -2.49. The van der Waals surface area contributed by atoms with E-state index in [1.807, 2.05) is 19.1 Å². The van der Waals surface area contributed by atoms with Crippen LogP contribution in [0.25, 0.3) is 0 Å². The predicted molar refractivity (Wildman–Crippen MR) is 126 cm³/mol. The van der Waals surface area contributed by atoms with E-state index in [1.54, 1.807) is 0 Å². The van der Waals surface area contributed by atoms with Crippen molar-refractivity contribution in [3.05, 3.63) is 82.2 Å². The van der Waals surface area contributed by atoms with Gasteiger partial charge >= 0.3 is 0 Å². The van der Waals surface area contributed by atoms with Gasteiger partial charge in [0.1, 0.15) is 5.84 Å². The third-order valence-electron chi connectivity index (χ3n) is 6.57. The molecule has 6 nitrogen and oxygen atoms in total. The highest BCUT2D eigenvalue weighted by Crippen LogP contribution is 2.37. The minimum absolute atomic E-state index is 0.477. The van der Waals surface area contributed by atoms with Crippen LogP contribution in [0.4, 0.5) is 0 Å². The van der Waals surface area contributed by atoms with Gasteiger partial charge in [-0.05, 0) is 74.6 Å². The number of rotatable bonds is 2. The predicted octanol–water partition coefficient (Wildman–Crippen LogP) is 3.48. The van der Waals surface area contributed by atoms with E-state index in [4.69, 9.17) is 16.1 Å². The summed E-state index contributed by atoms with van der Waals surface area (Å²) in [4.78, 5) is 9.72. The highest BCUT2D eigenvalue weighted by Gasteiger charge is 2.28. The Bertz CT molecular complexity index is 1070. The minimum Gasteiger partial charge on any atom is -0.404 e. The zero-order valence-electron chi connectivity index (χ0n) is 18.3. The average molecular weight is 415 g/mol. The Hall–Kier alpha value is -3.12. The molecule has 5 rings (SSSR count). The molecule has 0 spiro atoms. The van der Waals surface area contributed by atoms with E-state index in [9.17, 15) is 0 Å². The molecule has 6 heteroatoms. The first-order valence-corrected chi connectivity index (χ1v) is 11.1. The molecule has 2 fully saturated rings. The molecule has 2 aliphatic carbocycles. The summed E-state index contributed by atoms with van der Waals surface area (Å²) in [7, 11) is 0. The Kier molecular flexibility index (Phi) is 5.02. The first kappa shape index (κ1) is 19.8. The summed E-state index contributed by atoms with van der Waals surface area (Å²) in [6.45, 7) is 7.24. The Morgan fingerprint density at radius 2 is 2.06 bits per heavy atom. The molecule has 4 N–H and O–H groups in total. The molecule has 0 aromatic heterocycles. The van der Waals surface area contributed by atoms with Gasteiger partial charge in [-0.1, -0.05) is 0 Å². The fourth-order valence-electron chi connectivity index (χ4n) is 4.60. The van der Waals surface area contributed by atoms with Crippen LogP contribution in [-0.2, 0) is 0 Å². The van der Waals surface area contributed by atoms with Crippen molar-refractivity contribution in [2.24, 2.45) is 10.7 Å². The largest absolute Gasteiger partial charge is 0.404 e. The third-order valence-corrected chi connectivity index (χ3v) is 6.57. The summed E-state index contributed by atoms with van der Waals surface area (Å²) in [5.74, 6) is 0.949. The van der Waals surface area contributed by atoms with Crippen molar-refractivity contribution in [1.29, 1.82) is 5.41 Å². The molecule has 5 aliphatic rings. The molecule has 1 saturated heterocycles. The molecule has 3 aliphatic heterocycles. The van der Waals surface area contributed by atoms with Crippen molar-refractivity contribution in [3.8, 4) is 0 Å². The second-order valence-electron chi connectivity index (χ2n) is 8.82. The molecule has 3 heterocycles. The number of aliphatic imine (C=N–C) groups is 1. The Morgan fingerprint density at radius 3 is 2.77 bits per heavy atom. The second kappa shape index (κ2) is 7.85. The molecule has 0 bridgehead atoms. The molecule has 0 aromatic rings. The van der Waals surface area contributed by atoms with Gasteiger partial charge in [0.2, 0.25) is 0 Å². The Balaban J connectivity index is 1.52. The van der Waals surface area contributed by atoms with Crippen LogP contribution in [0, 0.1) is 5.41 Å². The van der Waals surface area contributed by atoms with Crippen molar-refractivity contribution in [2.75, 3.05) is 19.6 Å². The molecule has 31 heavy (non-hydrogen) atoms. The molecule has 160 valence electrons. The van der Waals surface area contributed by atoms with Crippen molar-refractivity contribution < 1.29 is 0 Å². The minimum atomic E-state index is 0.477. The molecule has 1 saturated carbocycles. The molecule has 0 radical (unpaired) electrons. The van der Waals surface area contributed by atoms with Crippen molar-refractivity contribution in [3.63, 3.8) is 0 Å². The van der Waals surface area contributed by atoms with E-state index >= 15 is 0 Å². The number of hydrogen-bond acceptors (Lipinski definition) is 6. The molecular weight excluding hydrogens is 384 g/mol. The van der Waals surface area contributed by atoms with Crippen LogP contribution in [0.3, 0.4) is 0 Å².